The largest absolute Gasteiger partial charge is 0.493 e. The van der Waals surface area contributed by atoms with Crippen LogP contribution in [0.5, 0.6) is 11.5 Å². The van der Waals surface area contributed by atoms with Crippen LogP contribution in [0.3, 0.4) is 0 Å². The van der Waals surface area contributed by atoms with E-state index in [2.05, 4.69) is 20.3 Å². The minimum Gasteiger partial charge on any atom is -0.493 e. The monoisotopic (exact) mass is 301 g/mol. The van der Waals surface area contributed by atoms with Crippen molar-refractivity contribution in [1.82, 2.24) is 10.2 Å². The van der Waals surface area contributed by atoms with Gasteiger partial charge in [0, 0.05) is 5.56 Å². The molecular weight excluding hydrogens is 292 g/mol. The molecule has 0 saturated heterocycles. The van der Waals surface area contributed by atoms with Crippen LogP contribution < -0.4 is 14.8 Å². The fourth-order valence-electron chi connectivity index (χ4n) is 1.40. The number of halogens is 2. The van der Waals surface area contributed by atoms with Gasteiger partial charge in [0.2, 0.25) is 5.13 Å². The fourth-order valence-corrected chi connectivity index (χ4v) is 1.84. The third-order valence-corrected chi connectivity index (χ3v) is 2.83. The number of amides is 1. The van der Waals surface area contributed by atoms with Gasteiger partial charge < -0.3 is 9.47 Å². The Balaban J connectivity index is 2.18. The van der Waals surface area contributed by atoms with Crippen molar-refractivity contribution in [1.29, 1.82) is 0 Å². The Morgan fingerprint density at radius 1 is 1.40 bits per heavy atom. The molecule has 6 nitrogen and oxygen atoms in total. The number of carbonyl (C=O) groups is 1. The lowest BCUT2D eigenvalue weighted by Crippen LogP contribution is -2.12. The van der Waals surface area contributed by atoms with Crippen LogP contribution in [0, 0.1) is 0 Å². The average Bonchev–Trinajstić information content (AvgIpc) is 2.91. The van der Waals surface area contributed by atoms with Crippen molar-refractivity contribution in [3.63, 3.8) is 0 Å². The molecule has 2 aromatic rings. The molecule has 0 radical (unpaired) electrons. The lowest BCUT2D eigenvalue weighted by molar-refractivity contribution is -0.0512. The van der Waals surface area contributed by atoms with Crippen molar-refractivity contribution >= 4 is 22.4 Å². The summed E-state index contributed by atoms with van der Waals surface area (Å²) in [7, 11) is 1.29. The lowest BCUT2D eigenvalue weighted by Gasteiger charge is -2.10. The first-order valence-corrected chi connectivity index (χ1v) is 6.18. The van der Waals surface area contributed by atoms with E-state index in [9.17, 15) is 13.6 Å². The predicted octanol–water partition coefficient (Wildman–Crippen LogP) is 2.40. The summed E-state index contributed by atoms with van der Waals surface area (Å²) in [5.41, 5.74) is 1.69. The fraction of sp³-hybridized carbons (Fsp3) is 0.182. The molecule has 0 spiro atoms. The highest BCUT2D eigenvalue weighted by molar-refractivity contribution is 7.13. The maximum atomic E-state index is 12.2. The molecule has 20 heavy (non-hydrogen) atoms. The molecule has 1 N–H and O–H groups in total. The van der Waals surface area contributed by atoms with Crippen molar-refractivity contribution in [2.75, 3.05) is 12.4 Å². The summed E-state index contributed by atoms with van der Waals surface area (Å²) in [6, 6.07) is 3.88. The number of carbonyl (C=O) groups excluding carboxylic acids is 1. The quantitative estimate of drug-likeness (QED) is 0.918. The maximum absolute atomic E-state index is 12.2. The molecule has 1 amide bonds. The van der Waals surface area contributed by atoms with Gasteiger partial charge in [-0.3, -0.25) is 10.1 Å². The number of hydrogen-bond acceptors (Lipinski definition) is 6. The summed E-state index contributed by atoms with van der Waals surface area (Å²) in [5.74, 6) is -0.561. The Bertz CT molecular complexity index is 593. The summed E-state index contributed by atoms with van der Waals surface area (Å²) in [6.07, 6.45) is 0. The second-order valence-corrected chi connectivity index (χ2v) is 4.28. The average molecular weight is 301 g/mol. The normalized spacial score (nSPS) is 10.4. The smallest absolute Gasteiger partial charge is 0.387 e. The van der Waals surface area contributed by atoms with E-state index in [0.29, 0.717) is 5.13 Å². The van der Waals surface area contributed by atoms with E-state index in [4.69, 9.17) is 4.74 Å². The molecule has 0 atom stereocenters. The first kappa shape index (κ1) is 14.1. The first-order valence-electron chi connectivity index (χ1n) is 5.30. The first-order chi connectivity index (χ1) is 9.60. The van der Waals surface area contributed by atoms with E-state index < -0.39 is 12.5 Å². The lowest BCUT2D eigenvalue weighted by atomic mass is 10.2. The number of ether oxygens (including phenoxy) is 2. The standard InChI is InChI=1S/C11H9F2N3O3S/c1-18-8-4-6(2-3-7(8)19-10(12)13)9(17)15-11-16-14-5-20-11/h2-5,10H,1H3,(H,15,16,17). The molecule has 1 aromatic heterocycles. The Morgan fingerprint density at radius 3 is 2.80 bits per heavy atom. The zero-order chi connectivity index (χ0) is 14.5. The van der Waals surface area contributed by atoms with Crippen LogP contribution in [0.4, 0.5) is 13.9 Å². The van der Waals surface area contributed by atoms with Crippen LogP contribution in [0.25, 0.3) is 0 Å². The number of aromatic nitrogens is 2. The molecule has 1 aromatic carbocycles. The number of nitrogens with zero attached hydrogens (tertiary/aromatic N) is 2. The molecule has 0 aliphatic rings. The van der Waals surface area contributed by atoms with Crippen LogP contribution in [-0.2, 0) is 0 Å². The molecule has 0 aliphatic carbocycles. The molecule has 2 rings (SSSR count). The molecule has 0 aliphatic heterocycles. The summed E-state index contributed by atoms with van der Waals surface area (Å²) >= 11 is 1.16. The Morgan fingerprint density at radius 2 is 2.20 bits per heavy atom. The topological polar surface area (TPSA) is 73.3 Å². The number of hydrogen-bond donors (Lipinski definition) is 1. The summed E-state index contributed by atoms with van der Waals surface area (Å²) in [6.45, 7) is -2.97. The molecule has 0 bridgehead atoms. The van der Waals surface area contributed by atoms with E-state index in [1.54, 1.807) is 0 Å². The van der Waals surface area contributed by atoms with Crippen molar-refractivity contribution < 1.29 is 23.0 Å². The van der Waals surface area contributed by atoms with Crippen molar-refractivity contribution in [2.24, 2.45) is 0 Å². The highest BCUT2D eigenvalue weighted by atomic mass is 32.1. The Labute approximate surface area is 116 Å². The van der Waals surface area contributed by atoms with Gasteiger partial charge in [-0.1, -0.05) is 11.3 Å². The molecule has 9 heteroatoms. The summed E-state index contributed by atoms with van der Waals surface area (Å²) in [5, 5.41) is 10.1. The van der Waals surface area contributed by atoms with Crippen LogP contribution in [-0.4, -0.2) is 29.8 Å². The van der Waals surface area contributed by atoms with E-state index in [0.717, 1.165) is 11.3 Å². The minimum absolute atomic E-state index is 0.0372. The van der Waals surface area contributed by atoms with Crippen LogP contribution >= 0.6 is 11.3 Å². The van der Waals surface area contributed by atoms with Gasteiger partial charge in [0.1, 0.15) is 5.51 Å². The molecule has 0 saturated carbocycles. The third kappa shape index (κ3) is 3.38. The van der Waals surface area contributed by atoms with Gasteiger partial charge in [0.25, 0.3) is 5.91 Å². The Kier molecular flexibility index (Phi) is 4.41. The van der Waals surface area contributed by atoms with Gasteiger partial charge in [-0.25, -0.2) is 0 Å². The number of methoxy groups -OCH3 is 1. The van der Waals surface area contributed by atoms with Crippen LogP contribution in [0.15, 0.2) is 23.7 Å². The van der Waals surface area contributed by atoms with E-state index in [1.165, 1.54) is 30.8 Å². The van der Waals surface area contributed by atoms with Gasteiger partial charge in [0.05, 0.1) is 7.11 Å². The van der Waals surface area contributed by atoms with Crippen molar-refractivity contribution in [3.05, 3.63) is 29.3 Å². The van der Waals surface area contributed by atoms with E-state index in [1.807, 2.05) is 0 Å². The van der Waals surface area contributed by atoms with E-state index in [-0.39, 0.29) is 17.1 Å². The number of rotatable bonds is 5. The second-order valence-electron chi connectivity index (χ2n) is 3.44. The zero-order valence-electron chi connectivity index (χ0n) is 10.2. The van der Waals surface area contributed by atoms with E-state index >= 15 is 0 Å². The highest BCUT2D eigenvalue weighted by Crippen LogP contribution is 2.29. The maximum Gasteiger partial charge on any atom is 0.387 e. The Hall–Kier alpha value is -2.29. The van der Waals surface area contributed by atoms with Gasteiger partial charge in [-0.05, 0) is 18.2 Å². The molecular formula is C11H9F2N3O3S. The SMILES string of the molecule is COc1cc(C(=O)Nc2nncs2)ccc1OC(F)F. The summed E-state index contributed by atoms with van der Waals surface area (Å²) < 4.78 is 33.5. The van der Waals surface area contributed by atoms with Gasteiger partial charge in [-0.2, -0.15) is 8.78 Å². The highest BCUT2D eigenvalue weighted by Gasteiger charge is 2.14. The number of alkyl halides is 2. The number of nitrogens with one attached hydrogen (secondary N) is 1. The predicted molar refractivity (Wildman–Crippen MR) is 67.5 cm³/mol. The second kappa shape index (κ2) is 6.24. The zero-order valence-corrected chi connectivity index (χ0v) is 11.0. The number of benzene rings is 1. The summed E-state index contributed by atoms with van der Waals surface area (Å²) in [4.78, 5) is 11.9. The molecule has 0 unspecified atom stereocenters. The third-order valence-electron chi connectivity index (χ3n) is 2.22. The van der Waals surface area contributed by atoms with Gasteiger partial charge >= 0.3 is 6.61 Å². The van der Waals surface area contributed by atoms with Crippen molar-refractivity contribution in [2.45, 2.75) is 6.61 Å². The van der Waals surface area contributed by atoms with Gasteiger partial charge in [0.15, 0.2) is 11.5 Å². The van der Waals surface area contributed by atoms with Crippen molar-refractivity contribution in [3.8, 4) is 11.5 Å². The van der Waals surface area contributed by atoms with Crippen LogP contribution in [0.1, 0.15) is 10.4 Å². The molecule has 106 valence electrons. The molecule has 0 fully saturated rings. The minimum atomic E-state index is -2.97. The molecule has 1 heterocycles. The van der Waals surface area contributed by atoms with Gasteiger partial charge in [-0.15, -0.1) is 10.2 Å². The number of anilines is 1. The van der Waals surface area contributed by atoms with Crippen LogP contribution in [0.2, 0.25) is 0 Å².